The predicted octanol–water partition coefficient (Wildman–Crippen LogP) is 3.61. The summed E-state index contributed by atoms with van der Waals surface area (Å²) in [5.41, 5.74) is 1.39. The van der Waals surface area contributed by atoms with Crippen LogP contribution in [0.2, 0.25) is 0 Å². The number of anilines is 1. The standard InChI is InChI=1S/C24H20BrN3O4/c25-18-10-14(6-9-19(18)32-13-20(29)27-17-4-2-1-3-5-17)12-26-28-23(30)21-15-7-8-16(11-15)22(21)24(28)31/h1-10,12,15-16,21-22H,11,13H2,(H,27,29). The third-order valence-electron chi connectivity index (χ3n) is 6.14. The second kappa shape index (κ2) is 8.35. The smallest absolute Gasteiger partial charge is 0.262 e. The fourth-order valence-corrected chi connectivity index (χ4v) is 5.21. The highest BCUT2D eigenvalue weighted by Gasteiger charge is 2.59. The maximum Gasteiger partial charge on any atom is 0.262 e. The number of hydrogen-bond donors (Lipinski definition) is 1. The van der Waals surface area contributed by atoms with Crippen LogP contribution in [0, 0.1) is 23.7 Å². The molecular weight excluding hydrogens is 474 g/mol. The first-order valence-electron chi connectivity index (χ1n) is 10.4. The molecule has 1 N–H and O–H groups in total. The topological polar surface area (TPSA) is 88.1 Å². The van der Waals surface area contributed by atoms with Crippen LogP contribution >= 0.6 is 15.9 Å². The van der Waals surface area contributed by atoms with Crippen molar-refractivity contribution in [3.8, 4) is 5.75 Å². The van der Waals surface area contributed by atoms with Crippen molar-refractivity contribution < 1.29 is 19.1 Å². The second-order valence-corrected chi connectivity index (χ2v) is 8.98. The first-order valence-corrected chi connectivity index (χ1v) is 11.2. The van der Waals surface area contributed by atoms with Crippen molar-refractivity contribution in [2.75, 3.05) is 11.9 Å². The highest BCUT2D eigenvalue weighted by Crippen LogP contribution is 2.52. The van der Waals surface area contributed by atoms with Crippen LogP contribution in [0.3, 0.4) is 0 Å². The number of carbonyl (C=O) groups excluding carboxylic acids is 3. The monoisotopic (exact) mass is 493 g/mol. The number of fused-ring (bicyclic) bond motifs is 5. The minimum atomic E-state index is -0.270. The molecule has 162 valence electrons. The summed E-state index contributed by atoms with van der Waals surface area (Å²) in [4.78, 5) is 37.5. The Hall–Kier alpha value is -3.26. The van der Waals surface area contributed by atoms with Gasteiger partial charge in [0.15, 0.2) is 6.61 Å². The van der Waals surface area contributed by atoms with Gasteiger partial charge in [-0.15, -0.1) is 0 Å². The molecule has 0 radical (unpaired) electrons. The van der Waals surface area contributed by atoms with E-state index in [0.717, 1.165) is 11.4 Å². The summed E-state index contributed by atoms with van der Waals surface area (Å²) in [5, 5.41) is 7.96. The van der Waals surface area contributed by atoms with Gasteiger partial charge in [0.1, 0.15) is 5.75 Å². The summed E-state index contributed by atoms with van der Waals surface area (Å²) in [5.74, 6) is -0.409. The first kappa shape index (κ1) is 20.6. The van der Waals surface area contributed by atoms with Crippen LogP contribution in [0.5, 0.6) is 5.75 Å². The lowest BCUT2D eigenvalue weighted by Crippen LogP contribution is -2.28. The summed E-state index contributed by atoms with van der Waals surface area (Å²) in [6.45, 7) is -0.142. The number of rotatable bonds is 6. The fourth-order valence-electron chi connectivity index (χ4n) is 4.70. The Labute approximate surface area is 193 Å². The number of benzene rings is 2. The highest BCUT2D eigenvalue weighted by atomic mass is 79.9. The molecule has 1 heterocycles. The van der Waals surface area contributed by atoms with E-state index in [1.807, 2.05) is 18.2 Å². The van der Waals surface area contributed by atoms with Gasteiger partial charge in [0.05, 0.1) is 22.5 Å². The van der Waals surface area contributed by atoms with E-state index < -0.39 is 0 Å². The van der Waals surface area contributed by atoms with Gasteiger partial charge in [0, 0.05) is 5.69 Å². The van der Waals surface area contributed by atoms with Crippen molar-refractivity contribution in [3.05, 3.63) is 70.7 Å². The molecule has 2 fully saturated rings. The molecular formula is C24H20BrN3O4. The Bertz CT molecular complexity index is 1120. The molecule has 2 aromatic carbocycles. The lowest BCUT2D eigenvalue weighted by atomic mass is 9.85. The van der Waals surface area contributed by atoms with Gasteiger partial charge in [-0.2, -0.15) is 10.1 Å². The quantitative estimate of drug-likeness (QED) is 0.378. The molecule has 4 atom stereocenters. The average molecular weight is 494 g/mol. The van der Waals surface area contributed by atoms with Gasteiger partial charge in [-0.25, -0.2) is 0 Å². The van der Waals surface area contributed by atoms with Crippen LogP contribution in [0.15, 0.2) is 70.3 Å². The zero-order chi connectivity index (χ0) is 22.2. The van der Waals surface area contributed by atoms with E-state index in [-0.39, 0.29) is 48.0 Å². The Morgan fingerprint density at radius 3 is 2.44 bits per heavy atom. The van der Waals surface area contributed by atoms with Gasteiger partial charge in [0.2, 0.25) is 0 Å². The Kier molecular flexibility index (Phi) is 5.38. The van der Waals surface area contributed by atoms with Gasteiger partial charge in [-0.1, -0.05) is 30.4 Å². The number of carbonyl (C=O) groups is 3. The second-order valence-electron chi connectivity index (χ2n) is 8.13. The third kappa shape index (κ3) is 3.75. The molecule has 3 aliphatic rings. The summed E-state index contributed by atoms with van der Waals surface area (Å²) in [6, 6.07) is 14.3. The van der Waals surface area contributed by atoms with E-state index in [2.05, 4.69) is 38.5 Å². The summed E-state index contributed by atoms with van der Waals surface area (Å²) < 4.78 is 6.22. The molecule has 1 aliphatic heterocycles. The normalized spacial score (nSPS) is 25.6. The number of imide groups is 1. The first-order chi connectivity index (χ1) is 15.5. The number of halogens is 1. The molecule has 32 heavy (non-hydrogen) atoms. The van der Waals surface area contributed by atoms with Crippen LogP contribution in [0.25, 0.3) is 0 Å². The van der Waals surface area contributed by atoms with Crippen molar-refractivity contribution in [2.24, 2.45) is 28.8 Å². The largest absolute Gasteiger partial charge is 0.483 e. The van der Waals surface area contributed by atoms with Gasteiger partial charge < -0.3 is 10.1 Å². The molecule has 7 nitrogen and oxygen atoms in total. The van der Waals surface area contributed by atoms with Crippen LogP contribution < -0.4 is 10.1 Å². The average Bonchev–Trinajstić information content (AvgIpc) is 3.47. The van der Waals surface area contributed by atoms with Crippen LogP contribution in [0.4, 0.5) is 5.69 Å². The molecule has 1 saturated heterocycles. The Morgan fingerprint density at radius 2 is 1.78 bits per heavy atom. The molecule has 8 heteroatoms. The number of nitrogens with zero attached hydrogens (tertiary/aromatic N) is 2. The van der Waals surface area contributed by atoms with E-state index >= 15 is 0 Å². The minimum Gasteiger partial charge on any atom is -0.483 e. The van der Waals surface area contributed by atoms with Gasteiger partial charge in [-0.3, -0.25) is 14.4 Å². The number of ether oxygens (including phenoxy) is 1. The summed E-state index contributed by atoms with van der Waals surface area (Å²) in [7, 11) is 0. The maximum atomic E-state index is 12.7. The van der Waals surface area contributed by atoms with Crippen molar-refractivity contribution in [2.45, 2.75) is 6.42 Å². The summed E-state index contributed by atoms with van der Waals surface area (Å²) >= 11 is 3.43. The fraction of sp³-hybridized carbons (Fsp3) is 0.250. The third-order valence-corrected chi connectivity index (χ3v) is 6.76. The van der Waals surface area contributed by atoms with Crippen molar-refractivity contribution >= 4 is 45.6 Å². The van der Waals surface area contributed by atoms with E-state index in [4.69, 9.17) is 4.74 Å². The Morgan fingerprint density at radius 1 is 1.09 bits per heavy atom. The number of hydrazone groups is 1. The highest BCUT2D eigenvalue weighted by molar-refractivity contribution is 9.10. The molecule has 2 aromatic rings. The minimum absolute atomic E-state index is 0.142. The number of allylic oxidation sites excluding steroid dienone is 2. The van der Waals surface area contributed by atoms with Gasteiger partial charge in [0.25, 0.3) is 17.7 Å². The molecule has 0 aromatic heterocycles. The molecule has 4 unspecified atom stereocenters. The van der Waals surface area contributed by atoms with Crippen LogP contribution in [0.1, 0.15) is 12.0 Å². The molecule has 2 bridgehead atoms. The van der Waals surface area contributed by atoms with E-state index in [1.54, 1.807) is 30.3 Å². The SMILES string of the molecule is O=C(COc1ccc(C=NN2C(=O)C3C4C=CC(C4)C3C2=O)cc1Br)Nc1ccccc1. The molecule has 1 saturated carbocycles. The molecule has 3 amide bonds. The van der Waals surface area contributed by atoms with E-state index in [1.165, 1.54) is 6.21 Å². The van der Waals surface area contributed by atoms with Gasteiger partial charge in [-0.05, 0) is 70.1 Å². The van der Waals surface area contributed by atoms with Crippen molar-refractivity contribution in [1.82, 2.24) is 5.01 Å². The molecule has 2 aliphatic carbocycles. The van der Waals surface area contributed by atoms with Gasteiger partial charge >= 0.3 is 0 Å². The van der Waals surface area contributed by atoms with E-state index in [0.29, 0.717) is 21.5 Å². The molecule has 5 rings (SSSR count). The lowest BCUT2D eigenvalue weighted by Gasteiger charge is -2.13. The number of hydrogen-bond acceptors (Lipinski definition) is 5. The van der Waals surface area contributed by atoms with Crippen LogP contribution in [-0.2, 0) is 14.4 Å². The Balaban J connectivity index is 1.20. The maximum absolute atomic E-state index is 12.7. The summed E-state index contributed by atoms with van der Waals surface area (Å²) in [6.07, 6.45) is 6.49. The zero-order valence-corrected chi connectivity index (χ0v) is 18.6. The zero-order valence-electron chi connectivity index (χ0n) is 17.0. The number of para-hydroxylation sites is 1. The van der Waals surface area contributed by atoms with Crippen molar-refractivity contribution in [1.29, 1.82) is 0 Å². The number of amides is 3. The number of nitrogens with one attached hydrogen (secondary N) is 1. The van der Waals surface area contributed by atoms with Crippen molar-refractivity contribution in [3.63, 3.8) is 0 Å². The molecule has 0 spiro atoms. The van der Waals surface area contributed by atoms with E-state index in [9.17, 15) is 14.4 Å². The predicted molar refractivity (Wildman–Crippen MR) is 122 cm³/mol. The lowest BCUT2D eigenvalue weighted by molar-refractivity contribution is -0.140. The van der Waals surface area contributed by atoms with Crippen LogP contribution in [-0.4, -0.2) is 35.6 Å².